The Morgan fingerprint density at radius 3 is 3.05 bits per heavy atom. The molecule has 4 nitrogen and oxygen atoms in total. The maximum Gasteiger partial charge on any atom is 0.263 e. The van der Waals surface area contributed by atoms with Crippen molar-refractivity contribution >= 4 is 17.5 Å². The molecule has 1 saturated heterocycles. The molecule has 0 aliphatic carbocycles. The number of nitrogens with zero attached hydrogens (tertiary/aromatic N) is 1. The summed E-state index contributed by atoms with van der Waals surface area (Å²) in [5.41, 5.74) is 0. The first-order valence-electron chi connectivity index (χ1n) is 6.45. The fraction of sp³-hybridized carbons (Fsp3) is 0.500. The van der Waals surface area contributed by atoms with Crippen LogP contribution in [0.5, 0.6) is 5.75 Å². The second-order valence-corrected chi connectivity index (χ2v) is 5.23. The van der Waals surface area contributed by atoms with Crippen LogP contribution in [0.3, 0.4) is 0 Å². The molecule has 1 fully saturated rings. The predicted molar refractivity (Wildman–Crippen MR) is 73.4 cm³/mol. The highest BCUT2D eigenvalue weighted by Gasteiger charge is 2.26. The summed E-state index contributed by atoms with van der Waals surface area (Å²) in [5.74, 6) is 0.477. The number of hydrogen-bond donors (Lipinski definition) is 1. The zero-order valence-corrected chi connectivity index (χ0v) is 11.6. The van der Waals surface area contributed by atoms with Gasteiger partial charge < -0.3 is 14.7 Å². The Labute approximate surface area is 117 Å². The Hall–Kier alpha value is -1.26. The first-order chi connectivity index (χ1) is 9.06. The van der Waals surface area contributed by atoms with Crippen LogP contribution < -0.4 is 4.74 Å². The molecule has 5 heteroatoms. The molecule has 1 amide bonds. The lowest BCUT2D eigenvalue weighted by Crippen LogP contribution is -2.47. The van der Waals surface area contributed by atoms with Crippen molar-refractivity contribution < 1.29 is 14.6 Å². The highest BCUT2D eigenvalue weighted by Crippen LogP contribution is 2.19. The normalized spacial score (nSPS) is 21.0. The van der Waals surface area contributed by atoms with Gasteiger partial charge in [-0.1, -0.05) is 17.7 Å². The van der Waals surface area contributed by atoms with Gasteiger partial charge in [0.2, 0.25) is 0 Å². The molecule has 2 rings (SSSR count). The molecule has 1 aromatic carbocycles. The average Bonchev–Trinajstić information content (AvgIpc) is 2.38. The highest BCUT2D eigenvalue weighted by atomic mass is 35.5. The largest absolute Gasteiger partial charge is 0.481 e. The van der Waals surface area contributed by atoms with Crippen LogP contribution in [0, 0.1) is 0 Å². The fourth-order valence-corrected chi connectivity index (χ4v) is 2.39. The van der Waals surface area contributed by atoms with Gasteiger partial charge in [-0.05, 0) is 38.0 Å². The number of likely N-dealkylation sites (tertiary alicyclic amines) is 1. The van der Waals surface area contributed by atoms with Crippen LogP contribution >= 0.6 is 11.6 Å². The van der Waals surface area contributed by atoms with Gasteiger partial charge in [-0.2, -0.15) is 0 Å². The number of benzene rings is 1. The molecule has 1 N–H and O–H groups in total. The monoisotopic (exact) mass is 283 g/mol. The Morgan fingerprint density at radius 2 is 2.37 bits per heavy atom. The third-order valence-electron chi connectivity index (χ3n) is 3.16. The van der Waals surface area contributed by atoms with E-state index in [0.29, 0.717) is 23.9 Å². The third-order valence-corrected chi connectivity index (χ3v) is 3.40. The van der Waals surface area contributed by atoms with Gasteiger partial charge in [0.05, 0.1) is 6.10 Å². The van der Waals surface area contributed by atoms with E-state index in [-0.39, 0.29) is 5.91 Å². The summed E-state index contributed by atoms with van der Waals surface area (Å²) in [4.78, 5) is 13.8. The Balaban J connectivity index is 1.95. The maximum absolute atomic E-state index is 12.2. The van der Waals surface area contributed by atoms with Gasteiger partial charge in [-0.25, -0.2) is 0 Å². The topological polar surface area (TPSA) is 49.8 Å². The molecular weight excluding hydrogens is 266 g/mol. The van der Waals surface area contributed by atoms with Crippen LogP contribution in [-0.2, 0) is 4.79 Å². The lowest BCUT2D eigenvalue weighted by Gasteiger charge is -2.32. The van der Waals surface area contributed by atoms with Crippen LogP contribution in [-0.4, -0.2) is 41.2 Å². The SMILES string of the molecule is CC(Oc1cccc(Cl)c1)C(=O)N1CCCC(O)C1. The van der Waals surface area contributed by atoms with Crippen LogP contribution in [0.1, 0.15) is 19.8 Å². The molecule has 0 spiro atoms. The number of ether oxygens (including phenoxy) is 1. The van der Waals surface area contributed by atoms with Crippen molar-refractivity contribution in [2.45, 2.75) is 32.0 Å². The number of aliphatic hydroxyl groups is 1. The Morgan fingerprint density at radius 1 is 1.58 bits per heavy atom. The van der Waals surface area contributed by atoms with Crippen molar-refractivity contribution in [2.24, 2.45) is 0 Å². The first kappa shape index (κ1) is 14.2. The van der Waals surface area contributed by atoms with Gasteiger partial charge in [0.25, 0.3) is 5.91 Å². The smallest absolute Gasteiger partial charge is 0.263 e. The minimum atomic E-state index is -0.580. The van der Waals surface area contributed by atoms with Crippen LogP contribution in [0.15, 0.2) is 24.3 Å². The molecule has 0 aromatic heterocycles. The van der Waals surface area contributed by atoms with E-state index in [2.05, 4.69) is 0 Å². The molecule has 1 heterocycles. The van der Waals surface area contributed by atoms with Crippen molar-refractivity contribution in [3.8, 4) is 5.75 Å². The van der Waals surface area contributed by atoms with E-state index in [1.165, 1.54) is 0 Å². The molecule has 0 bridgehead atoms. The maximum atomic E-state index is 12.2. The number of rotatable bonds is 3. The minimum Gasteiger partial charge on any atom is -0.481 e. The Kier molecular flexibility index (Phi) is 4.66. The third kappa shape index (κ3) is 3.85. The summed E-state index contributed by atoms with van der Waals surface area (Å²) < 4.78 is 5.59. The number of piperidine rings is 1. The van der Waals surface area contributed by atoms with Crippen molar-refractivity contribution in [1.82, 2.24) is 4.90 Å². The van der Waals surface area contributed by atoms with Crippen LogP contribution in [0.2, 0.25) is 5.02 Å². The number of carbonyl (C=O) groups excluding carboxylic acids is 1. The Bertz CT molecular complexity index is 452. The summed E-state index contributed by atoms with van der Waals surface area (Å²) in [7, 11) is 0. The zero-order chi connectivity index (χ0) is 13.8. The summed E-state index contributed by atoms with van der Waals surface area (Å²) in [6.45, 7) is 2.78. The molecule has 0 saturated carbocycles. The molecular formula is C14H18ClNO3. The lowest BCUT2D eigenvalue weighted by atomic mass is 10.1. The number of aliphatic hydroxyl groups excluding tert-OH is 1. The van der Waals surface area contributed by atoms with E-state index in [1.807, 2.05) is 0 Å². The van der Waals surface area contributed by atoms with Gasteiger partial charge in [0, 0.05) is 18.1 Å². The van der Waals surface area contributed by atoms with Gasteiger partial charge in [-0.15, -0.1) is 0 Å². The summed E-state index contributed by atoms with van der Waals surface area (Å²) >= 11 is 5.87. The van der Waals surface area contributed by atoms with Gasteiger partial charge in [0.15, 0.2) is 6.10 Å². The van der Waals surface area contributed by atoms with E-state index < -0.39 is 12.2 Å². The minimum absolute atomic E-state index is 0.0984. The first-order valence-corrected chi connectivity index (χ1v) is 6.83. The standard InChI is InChI=1S/C14H18ClNO3/c1-10(19-13-6-2-4-11(15)8-13)14(18)16-7-3-5-12(17)9-16/h2,4,6,8,10,12,17H,3,5,7,9H2,1H3. The molecule has 1 aromatic rings. The molecule has 0 radical (unpaired) electrons. The van der Waals surface area contributed by atoms with E-state index in [0.717, 1.165) is 12.8 Å². The number of carbonyl (C=O) groups is 1. The van der Waals surface area contributed by atoms with Crippen molar-refractivity contribution in [2.75, 3.05) is 13.1 Å². The molecule has 2 unspecified atom stereocenters. The average molecular weight is 284 g/mol. The van der Waals surface area contributed by atoms with Gasteiger partial charge in [0.1, 0.15) is 5.75 Å². The van der Waals surface area contributed by atoms with E-state index in [1.54, 1.807) is 36.1 Å². The molecule has 2 atom stereocenters. The lowest BCUT2D eigenvalue weighted by molar-refractivity contribution is -0.141. The van der Waals surface area contributed by atoms with Gasteiger partial charge in [-0.3, -0.25) is 4.79 Å². The summed E-state index contributed by atoms with van der Waals surface area (Å²) in [6, 6.07) is 6.97. The van der Waals surface area contributed by atoms with Crippen LogP contribution in [0.25, 0.3) is 0 Å². The molecule has 1 aliphatic heterocycles. The predicted octanol–water partition coefficient (Wildman–Crippen LogP) is 2.09. The number of halogens is 1. The van der Waals surface area contributed by atoms with E-state index in [4.69, 9.17) is 16.3 Å². The summed E-state index contributed by atoms with van der Waals surface area (Å²) in [6.07, 6.45) is 0.587. The molecule has 1 aliphatic rings. The van der Waals surface area contributed by atoms with Gasteiger partial charge >= 0.3 is 0 Å². The summed E-state index contributed by atoms with van der Waals surface area (Å²) in [5, 5.41) is 10.2. The fourth-order valence-electron chi connectivity index (χ4n) is 2.21. The zero-order valence-electron chi connectivity index (χ0n) is 10.9. The van der Waals surface area contributed by atoms with Crippen LogP contribution in [0.4, 0.5) is 0 Å². The number of hydrogen-bond acceptors (Lipinski definition) is 3. The van der Waals surface area contributed by atoms with Crippen molar-refractivity contribution in [3.05, 3.63) is 29.3 Å². The van der Waals surface area contributed by atoms with E-state index >= 15 is 0 Å². The highest BCUT2D eigenvalue weighted by molar-refractivity contribution is 6.30. The quantitative estimate of drug-likeness (QED) is 0.924. The second-order valence-electron chi connectivity index (χ2n) is 4.80. The molecule has 104 valence electrons. The number of amides is 1. The van der Waals surface area contributed by atoms with Crippen molar-refractivity contribution in [3.63, 3.8) is 0 Å². The van der Waals surface area contributed by atoms with E-state index in [9.17, 15) is 9.90 Å². The van der Waals surface area contributed by atoms with Crippen molar-refractivity contribution in [1.29, 1.82) is 0 Å². The number of β-amino-alcohol motifs (C(OH)–C–C–N with tert-alkyl or cyclic N) is 1. The second kappa shape index (κ2) is 6.26. The molecule has 19 heavy (non-hydrogen) atoms.